The molecule has 0 aliphatic heterocycles. The van der Waals surface area contributed by atoms with Crippen molar-refractivity contribution < 1.29 is 4.74 Å². The number of methoxy groups -OCH3 is 1. The van der Waals surface area contributed by atoms with E-state index in [1.165, 1.54) is 25.7 Å². The van der Waals surface area contributed by atoms with E-state index in [-0.39, 0.29) is 5.60 Å². The van der Waals surface area contributed by atoms with Crippen LogP contribution in [0.1, 0.15) is 70.3 Å². The van der Waals surface area contributed by atoms with E-state index < -0.39 is 0 Å². The van der Waals surface area contributed by atoms with E-state index in [9.17, 15) is 0 Å². The molecule has 1 saturated carbocycles. The summed E-state index contributed by atoms with van der Waals surface area (Å²) < 4.78 is 5.95. The molecule has 0 bridgehead atoms. The van der Waals surface area contributed by atoms with Crippen molar-refractivity contribution in [3.8, 4) is 0 Å². The molecule has 1 aliphatic carbocycles. The second kappa shape index (κ2) is 7.74. The van der Waals surface area contributed by atoms with Crippen LogP contribution in [-0.4, -0.2) is 23.6 Å². The van der Waals surface area contributed by atoms with Gasteiger partial charge in [0.1, 0.15) is 11.4 Å². The number of hydrogen-bond donors (Lipinski definition) is 1. The predicted molar refractivity (Wildman–Crippen MR) is 86.6 cm³/mol. The fraction of sp³-hybridized carbons (Fsp3) is 0.765. The molecule has 1 fully saturated rings. The Morgan fingerprint density at radius 3 is 2.43 bits per heavy atom. The summed E-state index contributed by atoms with van der Waals surface area (Å²) in [5, 5.41) is 3.40. The van der Waals surface area contributed by atoms with Crippen LogP contribution in [0.5, 0.6) is 0 Å². The van der Waals surface area contributed by atoms with Crippen molar-refractivity contribution in [1.82, 2.24) is 9.97 Å². The van der Waals surface area contributed by atoms with Crippen LogP contribution in [0.4, 0.5) is 5.82 Å². The highest BCUT2D eigenvalue weighted by molar-refractivity contribution is 5.37. The van der Waals surface area contributed by atoms with Crippen LogP contribution in [0, 0.1) is 0 Å². The second-order valence-corrected chi connectivity index (χ2v) is 5.96. The smallest absolute Gasteiger partial charge is 0.162 e. The molecule has 1 aliphatic rings. The zero-order valence-electron chi connectivity index (χ0n) is 13.7. The van der Waals surface area contributed by atoms with Crippen molar-refractivity contribution in [1.29, 1.82) is 0 Å². The molecule has 1 aromatic rings. The third kappa shape index (κ3) is 3.94. The zero-order chi connectivity index (χ0) is 15.1. The van der Waals surface area contributed by atoms with Gasteiger partial charge in [0.2, 0.25) is 0 Å². The average Bonchev–Trinajstić information content (AvgIpc) is 2.79. The number of rotatable bonds is 6. The Bertz CT molecular complexity index is 440. The van der Waals surface area contributed by atoms with Gasteiger partial charge in [-0.15, -0.1) is 0 Å². The van der Waals surface area contributed by atoms with Crippen molar-refractivity contribution >= 4 is 5.82 Å². The Morgan fingerprint density at radius 2 is 1.86 bits per heavy atom. The normalized spacial score (nSPS) is 18.2. The van der Waals surface area contributed by atoms with Crippen LogP contribution in [-0.2, 0) is 16.8 Å². The van der Waals surface area contributed by atoms with Crippen LogP contribution in [0.2, 0.25) is 0 Å². The Morgan fingerprint density at radius 1 is 1.14 bits per heavy atom. The van der Waals surface area contributed by atoms with E-state index in [0.29, 0.717) is 0 Å². The summed E-state index contributed by atoms with van der Waals surface area (Å²) in [7, 11) is 1.81. The third-order valence-corrected chi connectivity index (χ3v) is 4.41. The number of nitrogens with zero attached hydrogens (tertiary/aromatic N) is 2. The highest BCUT2D eigenvalue weighted by Gasteiger charge is 2.36. The van der Waals surface area contributed by atoms with Gasteiger partial charge in [-0.05, 0) is 25.7 Å². The largest absolute Gasteiger partial charge is 0.370 e. The lowest BCUT2D eigenvalue weighted by molar-refractivity contribution is -0.0352. The monoisotopic (exact) mass is 291 g/mol. The maximum atomic E-state index is 5.95. The minimum Gasteiger partial charge on any atom is -0.370 e. The van der Waals surface area contributed by atoms with Gasteiger partial charge >= 0.3 is 0 Å². The minimum absolute atomic E-state index is 0.287. The third-order valence-electron chi connectivity index (χ3n) is 4.41. The van der Waals surface area contributed by atoms with E-state index in [1.807, 2.05) is 7.11 Å². The Labute approximate surface area is 128 Å². The van der Waals surface area contributed by atoms with E-state index in [2.05, 4.69) is 25.2 Å². The first-order chi connectivity index (χ1) is 10.2. The lowest BCUT2D eigenvalue weighted by Crippen LogP contribution is -2.31. The Hall–Kier alpha value is -1.16. The van der Waals surface area contributed by atoms with Crippen LogP contribution < -0.4 is 5.32 Å². The van der Waals surface area contributed by atoms with Crippen molar-refractivity contribution in [2.75, 3.05) is 19.0 Å². The summed E-state index contributed by atoms with van der Waals surface area (Å²) in [6, 6.07) is 2.07. The quantitative estimate of drug-likeness (QED) is 0.803. The molecule has 21 heavy (non-hydrogen) atoms. The molecule has 0 amide bonds. The van der Waals surface area contributed by atoms with Crippen molar-refractivity contribution in [2.45, 2.75) is 70.8 Å². The fourth-order valence-corrected chi connectivity index (χ4v) is 3.04. The maximum absolute atomic E-state index is 5.95. The molecule has 0 atom stereocenters. The van der Waals surface area contributed by atoms with Gasteiger partial charge in [0, 0.05) is 25.4 Å². The summed E-state index contributed by atoms with van der Waals surface area (Å²) in [6.07, 6.45) is 9.07. The van der Waals surface area contributed by atoms with Crippen LogP contribution >= 0.6 is 0 Å². The van der Waals surface area contributed by atoms with E-state index in [4.69, 9.17) is 14.7 Å². The van der Waals surface area contributed by atoms with Crippen LogP contribution in [0.15, 0.2) is 6.07 Å². The lowest BCUT2D eigenvalue weighted by atomic mass is 9.93. The number of ether oxygens (including phenoxy) is 1. The SMILES string of the molecule is CCCNc1cc(CC)nc(C2(OC)CCCCCC2)n1. The van der Waals surface area contributed by atoms with Crippen molar-refractivity contribution in [2.24, 2.45) is 0 Å². The topological polar surface area (TPSA) is 47.0 Å². The summed E-state index contributed by atoms with van der Waals surface area (Å²) in [5.41, 5.74) is 0.809. The lowest BCUT2D eigenvalue weighted by Gasteiger charge is -2.30. The Balaban J connectivity index is 2.34. The molecule has 0 unspecified atom stereocenters. The molecule has 1 N–H and O–H groups in total. The second-order valence-electron chi connectivity index (χ2n) is 5.96. The zero-order valence-corrected chi connectivity index (χ0v) is 13.7. The van der Waals surface area contributed by atoms with Gasteiger partial charge in [-0.2, -0.15) is 0 Å². The molecule has 0 radical (unpaired) electrons. The van der Waals surface area contributed by atoms with Gasteiger partial charge in [-0.25, -0.2) is 9.97 Å². The van der Waals surface area contributed by atoms with Gasteiger partial charge in [-0.1, -0.05) is 39.5 Å². The van der Waals surface area contributed by atoms with Gasteiger partial charge in [0.05, 0.1) is 0 Å². The molecule has 4 nitrogen and oxygen atoms in total. The molecule has 118 valence electrons. The molecule has 2 rings (SSSR count). The predicted octanol–water partition coefficient (Wildman–Crippen LogP) is 4.06. The van der Waals surface area contributed by atoms with Gasteiger partial charge in [-0.3, -0.25) is 0 Å². The molecule has 0 aromatic carbocycles. The van der Waals surface area contributed by atoms with Crippen molar-refractivity contribution in [3.05, 3.63) is 17.6 Å². The van der Waals surface area contributed by atoms with Crippen molar-refractivity contribution in [3.63, 3.8) is 0 Å². The summed E-state index contributed by atoms with van der Waals surface area (Å²) >= 11 is 0. The first kappa shape index (κ1) is 16.2. The number of aromatic nitrogens is 2. The van der Waals surface area contributed by atoms with Crippen LogP contribution in [0.25, 0.3) is 0 Å². The number of nitrogens with one attached hydrogen (secondary N) is 1. The summed E-state index contributed by atoms with van der Waals surface area (Å²) in [4.78, 5) is 9.57. The highest BCUT2D eigenvalue weighted by Crippen LogP contribution is 2.37. The van der Waals surface area contributed by atoms with E-state index in [1.54, 1.807) is 0 Å². The van der Waals surface area contributed by atoms with Gasteiger partial charge in [0.15, 0.2) is 5.82 Å². The molecule has 1 heterocycles. The first-order valence-electron chi connectivity index (χ1n) is 8.41. The molecular weight excluding hydrogens is 262 g/mol. The fourth-order valence-electron chi connectivity index (χ4n) is 3.04. The molecule has 0 spiro atoms. The van der Waals surface area contributed by atoms with Gasteiger partial charge in [0.25, 0.3) is 0 Å². The number of hydrogen-bond acceptors (Lipinski definition) is 4. The number of aryl methyl sites for hydroxylation is 1. The molecule has 4 heteroatoms. The highest BCUT2D eigenvalue weighted by atomic mass is 16.5. The van der Waals surface area contributed by atoms with E-state index in [0.717, 1.165) is 49.6 Å². The first-order valence-corrected chi connectivity index (χ1v) is 8.41. The molecule has 0 saturated heterocycles. The number of anilines is 1. The summed E-state index contributed by atoms with van der Waals surface area (Å²) in [5.74, 6) is 1.82. The van der Waals surface area contributed by atoms with E-state index >= 15 is 0 Å². The molecular formula is C17H29N3O. The standard InChI is InChI=1S/C17H29N3O/c1-4-12-18-15-13-14(5-2)19-16(20-15)17(21-3)10-8-6-7-9-11-17/h13H,4-12H2,1-3H3,(H,18,19,20). The van der Waals surface area contributed by atoms with Gasteiger partial charge < -0.3 is 10.1 Å². The maximum Gasteiger partial charge on any atom is 0.162 e. The Kier molecular flexibility index (Phi) is 5.97. The molecule has 1 aromatic heterocycles. The van der Waals surface area contributed by atoms with Crippen LogP contribution in [0.3, 0.4) is 0 Å². The average molecular weight is 291 g/mol. The minimum atomic E-state index is -0.287. The summed E-state index contributed by atoms with van der Waals surface area (Å²) in [6.45, 7) is 5.25.